The molecule has 0 aliphatic carbocycles. The van der Waals surface area contributed by atoms with Crippen LogP contribution in [0.3, 0.4) is 0 Å². The second-order valence-electron chi connectivity index (χ2n) is 9.31. The van der Waals surface area contributed by atoms with Crippen LogP contribution in [-0.4, -0.2) is 106 Å². The number of nitrogens with one attached hydrogen (secondary N) is 4. The van der Waals surface area contributed by atoms with Crippen LogP contribution in [0.4, 0.5) is 9.59 Å². The van der Waals surface area contributed by atoms with Crippen LogP contribution in [0.5, 0.6) is 0 Å². The first-order valence-corrected chi connectivity index (χ1v) is 11.2. The number of rotatable bonds is 13. The van der Waals surface area contributed by atoms with Crippen LogP contribution < -0.4 is 21.3 Å². The molecule has 0 saturated heterocycles. The maximum absolute atomic E-state index is 12.0. The molecule has 4 atom stereocenters. The quantitative estimate of drug-likeness (QED) is 0.129. The molecule has 0 aromatic carbocycles. The van der Waals surface area contributed by atoms with Gasteiger partial charge < -0.3 is 51.2 Å². The van der Waals surface area contributed by atoms with Crippen LogP contribution in [0, 0.1) is 0 Å². The molecule has 14 heteroatoms. The third-order valence-corrected chi connectivity index (χ3v) is 4.54. The molecule has 0 radical (unpaired) electrons. The zero-order valence-electron chi connectivity index (χ0n) is 21.1. The summed E-state index contributed by atoms with van der Waals surface area (Å²) in [6.07, 6.45) is -9.56. The van der Waals surface area contributed by atoms with Crippen LogP contribution in [0.2, 0.25) is 0 Å². The minimum atomic E-state index is -2.20. The van der Waals surface area contributed by atoms with Crippen LogP contribution in [0.25, 0.3) is 0 Å². The molecule has 14 nitrogen and oxygen atoms in total. The van der Waals surface area contributed by atoms with E-state index < -0.39 is 59.6 Å². The van der Waals surface area contributed by atoms with Crippen molar-refractivity contribution >= 4 is 24.0 Å². The molecule has 0 rings (SSSR count). The third-order valence-electron chi connectivity index (χ3n) is 4.54. The Hall–Kier alpha value is -2.68. The number of amides is 4. The van der Waals surface area contributed by atoms with E-state index in [1.807, 2.05) is 6.92 Å². The van der Waals surface area contributed by atoms with Crippen molar-refractivity contribution in [2.75, 3.05) is 26.2 Å². The highest BCUT2D eigenvalue weighted by atomic mass is 16.6. The number of hydrogen-bond acceptors (Lipinski definition) is 10. The van der Waals surface area contributed by atoms with Crippen molar-refractivity contribution in [1.29, 1.82) is 0 Å². The molecule has 0 spiro atoms. The Bertz CT molecular complexity index is 711. The molecule has 0 bridgehead atoms. The molecule has 0 aromatic rings. The Morgan fingerprint density at radius 1 is 0.657 bits per heavy atom. The number of carbonyl (C=O) groups excluding carboxylic acids is 4. The van der Waals surface area contributed by atoms with Crippen molar-refractivity contribution in [3.63, 3.8) is 0 Å². The zero-order chi connectivity index (χ0) is 27.4. The second kappa shape index (κ2) is 14.7. The van der Waals surface area contributed by atoms with E-state index >= 15 is 0 Å². The number of ether oxygens (including phenoxy) is 2. The summed E-state index contributed by atoms with van der Waals surface area (Å²) in [5.74, 6) is -2.21. The third kappa shape index (κ3) is 13.7. The van der Waals surface area contributed by atoms with Gasteiger partial charge in [0.05, 0.1) is 0 Å². The first-order chi connectivity index (χ1) is 16.0. The molecule has 0 aliphatic rings. The summed E-state index contributed by atoms with van der Waals surface area (Å²) in [6, 6.07) is 0. The Morgan fingerprint density at radius 3 is 1.34 bits per heavy atom. The van der Waals surface area contributed by atoms with Gasteiger partial charge in [-0.25, -0.2) is 9.59 Å². The van der Waals surface area contributed by atoms with E-state index in [1.165, 1.54) is 0 Å². The maximum Gasteiger partial charge on any atom is 0.407 e. The standard InChI is InChI=1S/C21H40N4O10/c1-7-21(5,6)35-19(33)25-11-9-23-17(31)15(29)13(27)12(26)14(28)16(30)22-8-10-24-18(32)34-20(2,3)4/h12-15,26-29H,7-11H2,1-6H3,(H,22,30)(H,23,31)(H,24,32)(H,25,33)/t12-,13+,14+,15-/m1/s1. The maximum atomic E-state index is 12.0. The number of aliphatic hydroxyl groups is 4. The molecule has 0 aliphatic heterocycles. The van der Waals surface area contributed by atoms with Crippen LogP contribution in [0.1, 0.15) is 48.0 Å². The molecule has 0 aromatic heterocycles. The van der Waals surface area contributed by atoms with Gasteiger partial charge in [-0.2, -0.15) is 0 Å². The van der Waals surface area contributed by atoms with Gasteiger partial charge in [-0.05, 0) is 41.0 Å². The fraction of sp³-hybridized carbons (Fsp3) is 0.810. The van der Waals surface area contributed by atoms with Crippen LogP contribution in [-0.2, 0) is 19.1 Å². The lowest BCUT2D eigenvalue weighted by atomic mass is 10.0. The molecule has 8 N–H and O–H groups in total. The van der Waals surface area contributed by atoms with Crippen molar-refractivity contribution in [3.05, 3.63) is 0 Å². The lowest BCUT2D eigenvalue weighted by molar-refractivity contribution is -0.155. The summed E-state index contributed by atoms with van der Waals surface area (Å²) in [5.41, 5.74) is -1.36. The summed E-state index contributed by atoms with van der Waals surface area (Å²) in [4.78, 5) is 47.1. The SMILES string of the molecule is CCC(C)(C)OC(=O)NCCNC(=O)[C@H](O)[C@@H](O)[C@@H](O)[C@H](O)C(=O)NCCNC(=O)OC(C)(C)C. The zero-order valence-corrected chi connectivity index (χ0v) is 21.1. The van der Waals surface area contributed by atoms with Gasteiger partial charge in [0, 0.05) is 26.2 Å². The lowest BCUT2D eigenvalue weighted by Crippen LogP contribution is -2.55. The minimum Gasteiger partial charge on any atom is -0.444 e. The number of hydrogen-bond donors (Lipinski definition) is 8. The Morgan fingerprint density at radius 2 is 1.00 bits per heavy atom. The number of aliphatic hydroxyl groups excluding tert-OH is 4. The topological polar surface area (TPSA) is 216 Å². The van der Waals surface area contributed by atoms with Gasteiger partial charge in [0.25, 0.3) is 11.8 Å². The van der Waals surface area contributed by atoms with Gasteiger partial charge in [-0.15, -0.1) is 0 Å². The van der Waals surface area contributed by atoms with Crippen molar-refractivity contribution < 1.29 is 49.1 Å². The molecule has 35 heavy (non-hydrogen) atoms. The fourth-order valence-electron chi connectivity index (χ4n) is 2.27. The number of alkyl carbamates (subject to hydrolysis) is 2. The molecule has 0 fully saturated rings. The molecule has 4 amide bonds. The molecular weight excluding hydrogens is 468 g/mol. The van der Waals surface area contributed by atoms with E-state index in [9.17, 15) is 39.6 Å². The smallest absolute Gasteiger partial charge is 0.407 e. The Balaban J connectivity index is 4.39. The van der Waals surface area contributed by atoms with Gasteiger partial charge in [-0.1, -0.05) is 6.92 Å². The Labute approximate surface area is 204 Å². The van der Waals surface area contributed by atoms with E-state index in [0.29, 0.717) is 6.42 Å². The molecule has 0 heterocycles. The van der Waals surface area contributed by atoms with Crippen molar-refractivity contribution in [1.82, 2.24) is 21.3 Å². The normalized spacial score (nSPS) is 15.1. The predicted octanol–water partition coefficient (Wildman–Crippen LogP) is -1.90. The van der Waals surface area contributed by atoms with Crippen LogP contribution in [0.15, 0.2) is 0 Å². The highest BCUT2D eigenvalue weighted by molar-refractivity contribution is 5.83. The summed E-state index contributed by atoms with van der Waals surface area (Å²) in [5, 5.41) is 48.9. The average Bonchev–Trinajstić information content (AvgIpc) is 2.75. The van der Waals surface area contributed by atoms with Crippen molar-refractivity contribution in [2.24, 2.45) is 0 Å². The molecular formula is C21H40N4O10. The van der Waals surface area contributed by atoms with Gasteiger partial charge >= 0.3 is 12.2 Å². The summed E-state index contributed by atoms with van der Waals surface area (Å²) in [6.45, 7) is 9.97. The lowest BCUT2D eigenvalue weighted by Gasteiger charge is -2.25. The Kier molecular flexibility index (Phi) is 13.5. The van der Waals surface area contributed by atoms with E-state index in [1.54, 1.807) is 34.6 Å². The summed E-state index contributed by atoms with van der Waals surface area (Å²) in [7, 11) is 0. The van der Waals surface area contributed by atoms with Gasteiger partial charge in [0.15, 0.2) is 12.2 Å². The van der Waals surface area contributed by atoms with Crippen molar-refractivity contribution in [3.8, 4) is 0 Å². The largest absolute Gasteiger partial charge is 0.444 e. The molecule has 0 unspecified atom stereocenters. The highest BCUT2D eigenvalue weighted by Gasteiger charge is 2.37. The fourth-order valence-corrected chi connectivity index (χ4v) is 2.27. The van der Waals surface area contributed by atoms with Gasteiger partial charge in [-0.3, -0.25) is 9.59 Å². The predicted molar refractivity (Wildman–Crippen MR) is 123 cm³/mol. The van der Waals surface area contributed by atoms with Gasteiger partial charge in [0.1, 0.15) is 23.4 Å². The first kappa shape index (κ1) is 32.3. The number of carbonyl (C=O) groups is 4. The highest BCUT2D eigenvalue weighted by Crippen LogP contribution is 2.13. The van der Waals surface area contributed by atoms with E-state index in [4.69, 9.17) is 9.47 Å². The second-order valence-corrected chi connectivity index (χ2v) is 9.31. The average molecular weight is 509 g/mol. The molecule has 0 saturated carbocycles. The monoisotopic (exact) mass is 508 g/mol. The van der Waals surface area contributed by atoms with Crippen molar-refractivity contribution in [2.45, 2.75) is 83.6 Å². The van der Waals surface area contributed by atoms with E-state index in [0.717, 1.165) is 0 Å². The summed E-state index contributed by atoms with van der Waals surface area (Å²) >= 11 is 0. The summed E-state index contributed by atoms with van der Waals surface area (Å²) < 4.78 is 10.2. The van der Waals surface area contributed by atoms with Crippen LogP contribution >= 0.6 is 0 Å². The van der Waals surface area contributed by atoms with E-state index in [-0.39, 0.29) is 26.2 Å². The molecule has 204 valence electrons. The van der Waals surface area contributed by atoms with Gasteiger partial charge in [0.2, 0.25) is 0 Å². The van der Waals surface area contributed by atoms with E-state index in [2.05, 4.69) is 21.3 Å². The minimum absolute atomic E-state index is 0.0436. The first-order valence-electron chi connectivity index (χ1n) is 11.2.